The van der Waals surface area contributed by atoms with Gasteiger partial charge < -0.3 is 10.6 Å². The molecule has 2 aromatic carbocycles. The summed E-state index contributed by atoms with van der Waals surface area (Å²) in [7, 11) is 0. The second-order valence-electron chi connectivity index (χ2n) is 6.78. The lowest BCUT2D eigenvalue weighted by atomic mass is 10.1. The van der Waals surface area contributed by atoms with Gasteiger partial charge in [-0.2, -0.15) is 0 Å². The molecule has 144 valence electrons. The maximum atomic E-state index is 12.5. The third-order valence-electron chi connectivity index (χ3n) is 4.75. The first-order valence-corrected chi connectivity index (χ1v) is 9.19. The van der Waals surface area contributed by atoms with Crippen molar-refractivity contribution in [3.05, 3.63) is 82.7 Å². The molecule has 2 heterocycles. The van der Waals surface area contributed by atoms with Crippen molar-refractivity contribution < 1.29 is 9.59 Å². The zero-order valence-corrected chi connectivity index (χ0v) is 15.5. The van der Waals surface area contributed by atoms with E-state index in [1.807, 2.05) is 30.3 Å². The summed E-state index contributed by atoms with van der Waals surface area (Å²) in [6.07, 6.45) is 1.52. The quantitative estimate of drug-likeness (QED) is 0.600. The van der Waals surface area contributed by atoms with E-state index < -0.39 is 11.9 Å². The van der Waals surface area contributed by atoms with Crippen molar-refractivity contribution in [2.24, 2.45) is 0 Å². The largest absolute Gasteiger partial charge is 0.337 e. The maximum absolute atomic E-state index is 12.5. The Kier molecular flexibility index (Phi) is 5.03. The van der Waals surface area contributed by atoms with Crippen LogP contribution < -0.4 is 10.6 Å². The summed E-state index contributed by atoms with van der Waals surface area (Å²) in [6, 6.07) is 14.2. The number of benzene rings is 2. The van der Waals surface area contributed by atoms with Crippen molar-refractivity contribution in [3.63, 3.8) is 0 Å². The molecular weight excluding hydrogens is 368 g/mol. The van der Waals surface area contributed by atoms with Gasteiger partial charge in [0.05, 0.1) is 6.57 Å². The minimum absolute atomic E-state index is 0.000726. The Balaban J connectivity index is 1.42. The zero-order chi connectivity index (χ0) is 20.2. The number of aromatic amines is 1. The van der Waals surface area contributed by atoms with E-state index in [0.717, 1.165) is 11.1 Å². The number of rotatable bonds is 4. The molecule has 1 aromatic heterocycles. The predicted molar refractivity (Wildman–Crippen MR) is 107 cm³/mol. The SMILES string of the molecule is [C-]#[N+]c1ccc2c(c1)CC[C@H](NC(=O)c1n[nH]c(Cc3ccccc3)n1)C(=O)N2. The number of H-pyrrole nitrogens is 1. The third-order valence-corrected chi connectivity index (χ3v) is 4.75. The molecule has 1 aliphatic heterocycles. The molecule has 0 aliphatic carbocycles. The summed E-state index contributed by atoms with van der Waals surface area (Å²) < 4.78 is 0. The van der Waals surface area contributed by atoms with Gasteiger partial charge in [0.15, 0.2) is 5.69 Å². The summed E-state index contributed by atoms with van der Waals surface area (Å²) >= 11 is 0. The van der Waals surface area contributed by atoms with Crippen LogP contribution in [-0.2, 0) is 17.6 Å². The lowest BCUT2D eigenvalue weighted by Crippen LogP contribution is -2.43. The van der Waals surface area contributed by atoms with Crippen LogP contribution in [0.5, 0.6) is 0 Å². The number of hydrogen-bond acceptors (Lipinski definition) is 4. The molecule has 0 saturated carbocycles. The van der Waals surface area contributed by atoms with Crippen LogP contribution in [0.2, 0.25) is 0 Å². The maximum Gasteiger partial charge on any atom is 0.291 e. The lowest BCUT2D eigenvalue weighted by Gasteiger charge is -2.13. The van der Waals surface area contributed by atoms with E-state index in [1.165, 1.54) is 0 Å². The standard InChI is InChI=1S/C21H18N6O2/c1-22-15-8-10-16-14(12-15)7-9-17(20(28)23-16)24-21(29)19-25-18(26-27-19)11-13-5-3-2-4-6-13/h2-6,8,10,12,17H,7,9,11H2,(H,23,28)(H,24,29)(H,25,26,27)/t17-/m0/s1. The van der Waals surface area contributed by atoms with Crippen molar-refractivity contribution in [3.8, 4) is 0 Å². The first kappa shape index (κ1) is 18.4. The fraction of sp³-hybridized carbons (Fsp3) is 0.190. The van der Waals surface area contributed by atoms with Gasteiger partial charge in [-0.15, -0.1) is 5.10 Å². The van der Waals surface area contributed by atoms with Crippen LogP contribution in [0.25, 0.3) is 4.85 Å². The van der Waals surface area contributed by atoms with Crippen LogP contribution in [0.3, 0.4) is 0 Å². The number of nitrogens with zero attached hydrogens (tertiary/aromatic N) is 3. The number of carbonyl (C=O) groups is 2. The van der Waals surface area contributed by atoms with E-state index in [9.17, 15) is 9.59 Å². The second-order valence-corrected chi connectivity index (χ2v) is 6.78. The topological polar surface area (TPSA) is 104 Å². The summed E-state index contributed by atoms with van der Waals surface area (Å²) in [6.45, 7) is 7.12. The highest BCUT2D eigenvalue weighted by molar-refractivity contribution is 6.00. The van der Waals surface area contributed by atoms with Crippen LogP contribution in [-0.4, -0.2) is 33.0 Å². The lowest BCUT2D eigenvalue weighted by molar-refractivity contribution is -0.118. The summed E-state index contributed by atoms with van der Waals surface area (Å²) in [5, 5.41) is 12.3. The Labute approximate surface area is 167 Å². The average molecular weight is 386 g/mol. The van der Waals surface area contributed by atoms with E-state index in [4.69, 9.17) is 6.57 Å². The molecule has 3 aromatic rings. The highest BCUT2D eigenvalue weighted by atomic mass is 16.2. The number of nitrogens with one attached hydrogen (secondary N) is 3. The number of anilines is 1. The van der Waals surface area contributed by atoms with Gasteiger partial charge in [0.2, 0.25) is 11.7 Å². The van der Waals surface area contributed by atoms with Gasteiger partial charge in [-0.1, -0.05) is 42.5 Å². The summed E-state index contributed by atoms with van der Waals surface area (Å²) in [4.78, 5) is 32.7. The van der Waals surface area contributed by atoms with Crippen molar-refractivity contribution in [2.75, 3.05) is 5.32 Å². The molecule has 8 nitrogen and oxygen atoms in total. The zero-order valence-electron chi connectivity index (χ0n) is 15.5. The molecule has 0 radical (unpaired) electrons. The van der Waals surface area contributed by atoms with Crippen molar-refractivity contribution in [1.29, 1.82) is 0 Å². The molecule has 1 aliphatic rings. The Bertz CT molecular complexity index is 1100. The molecule has 1 atom stereocenters. The predicted octanol–water partition coefficient (Wildman–Crippen LogP) is 2.63. The highest BCUT2D eigenvalue weighted by Crippen LogP contribution is 2.26. The van der Waals surface area contributed by atoms with Gasteiger partial charge in [-0.05, 0) is 30.0 Å². The van der Waals surface area contributed by atoms with Gasteiger partial charge in [0.1, 0.15) is 11.9 Å². The van der Waals surface area contributed by atoms with E-state index in [-0.39, 0.29) is 11.7 Å². The van der Waals surface area contributed by atoms with Crippen LogP contribution in [0.4, 0.5) is 11.4 Å². The fourth-order valence-corrected chi connectivity index (χ4v) is 3.25. The highest BCUT2D eigenvalue weighted by Gasteiger charge is 2.26. The van der Waals surface area contributed by atoms with Gasteiger partial charge >= 0.3 is 0 Å². The molecule has 8 heteroatoms. The van der Waals surface area contributed by atoms with Gasteiger partial charge in [-0.25, -0.2) is 9.83 Å². The van der Waals surface area contributed by atoms with Gasteiger partial charge in [0.25, 0.3) is 5.91 Å². The summed E-state index contributed by atoms with van der Waals surface area (Å²) in [5.74, 6) is -0.229. The number of carbonyl (C=O) groups excluding carboxylic acids is 2. The molecule has 0 fully saturated rings. The molecular formula is C21H18N6O2. The van der Waals surface area contributed by atoms with Crippen molar-refractivity contribution >= 4 is 23.2 Å². The Morgan fingerprint density at radius 2 is 2.07 bits per heavy atom. The molecule has 0 saturated heterocycles. The number of aryl methyl sites for hydroxylation is 1. The number of aromatic nitrogens is 3. The fourth-order valence-electron chi connectivity index (χ4n) is 3.25. The normalized spacial score (nSPS) is 15.6. The summed E-state index contributed by atoms with van der Waals surface area (Å²) in [5.41, 5.74) is 3.12. The second kappa shape index (κ2) is 7.94. The average Bonchev–Trinajstić information content (AvgIpc) is 3.14. The van der Waals surface area contributed by atoms with Gasteiger partial charge in [0, 0.05) is 12.1 Å². The number of amides is 2. The first-order valence-electron chi connectivity index (χ1n) is 9.19. The van der Waals surface area contributed by atoms with E-state index in [2.05, 4.69) is 30.7 Å². The van der Waals surface area contributed by atoms with E-state index in [1.54, 1.807) is 18.2 Å². The van der Waals surface area contributed by atoms with Gasteiger partial charge in [-0.3, -0.25) is 14.7 Å². The molecule has 4 rings (SSSR count). The van der Waals surface area contributed by atoms with Crippen LogP contribution in [0.1, 0.15) is 34.0 Å². The minimum Gasteiger partial charge on any atom is -0.337 e. The van der Waals surface area contributed by atoms with E-state index in [0.29, 0.717) is 36.5 Å². The number of fused-ring (bicyclic) bond motifs is 1. The van der Waals surface area contributed by atoms with Crippen molar-refractivity contribution in [1.82, 2.24) is 20.5 Å². The molecule has 29 heavy (non-hydrogen) atoms. The molecule has 0 spiro atoms. The number of hydrogen-bond donors (Lipinski definition) is 3. The molecule has 3 N–H and O–H groups in total. The molecule has 2 amide bonds. The monoisotopic (exact) mass is 386 g/mol. The van der Waals surface area contributed by atoms with Crippen LogP contribution in [0, 0.1) is 6.57 Å². The van der Waals surface area contributed by atoms with Crippen molar-refractivity contribution in [2.45, 2.75) is 25.3 Å². The molecule has 0 bridgehead atoms. The Morgan fingerprint density at radius 1 is 1.24 bits per heavy atom. The van der Waals surface area contributed by atoms with Crippen LogP contribution >= 0.6 is 0 Å². The third kappa shape index (κ3) is 4.14. The minimum atomic E-state index is -0.706. The van der Waals surface area contributed by atoms with Crippen LogP contribution in [0.15, 0.2) is 48.5 Å². The van der Waals surface area contributed by atoms with E-state index >= 15 is 0 Å². The Morgan fingerprint density at radius 3 is 2.86 bits per heavy atom. The Hall–Kier alpha value is -3.99. The molecule has 0 unspecified atom stereocenters. The first-order chi connectivity index (χ1) is 14.1. The smallest absolute Gasteiger partial charge is 0.291 e.